The smallest absolute Gasteiger partial charge is 0.337 e. The Morgan fingerprint density at radius 2 is 1.88 bits per heavy atom. The number of amides is 1. The molecule has 0 aromatic heterocycles. The van der Waals surface area contributed by atoms with Gasteiger partial charge in [-0.25, -0.2) is 13.6 Å². The molecule has 1 N–H and O–H groups in total. The first-order valence-electron chi connectivity index (χ1n) is 7.02. The van der Waals surface area contributed by atoms with Gasteiger partial charge in [0.1, 0.15) is 0 Å². The molecule has 0 fully saturated rings. The number of carbonyl (C=O) groups excluding carboxylic acids is 2. The number of benzene rings is 2. The summed E-state index contributed by atoms with van der Waals surface area (Å²) in [5.41, 5.74) is 1.02. The van der Waals surface area contributed by atoms with Crippen LogP contribution in [0.15, 0.2) is 36.4 Å². The van der Waals surface area contributed by atoms with E-state index in [2.05, 4.69) is 10.1 Å². The van der Waals surface area contributed by atoms with Crippen LogP contribution in [0.3, 0.4) is 0 Å². The number of carbonyl (C=O) groups is 2. The van der Waals surface area contributed by atoms with Crippen molar-refractivity contribution in [2.45, 2.75) is 12.8 Å². The average molecular weight is 354 g/mol. The van der Waals surface area contributed by atoms with Crippen LogP contribution < -0.4 is 5.32 Å². The zero-order valence-electron chi connectivity index (χ0n) is 12.7. The normalized spacial score (nSPS) is 10.3. The molecule has 2 aromatic carbocycles. The van der Waals surface area contributed by atoms with Gasteiger partial charge >= 0.3 is 5.97 Å². The summed E-state index contributed by atoms with van der Waals surface area (Å²) in [6.07, 6.45) is 0.279. The number of esters is 1. The highest BCUT2D eigenvalue weighted by Gasteiger charge is 2.12. The minimum atomic E-state index is -0.957. The third-order valence-electron chi connectivity index (χ3n) is 3.29. The van der Waals surface area contributed by atoms with Crippen LogP contribution in [0.5, 0.6) is 0 Å². The molecule has 0 saturated carbocycles. The second kappa shape index (κ2) is 7.88. The van der Waals surface area contributed by atoms with Crippen LogP contribution in [-0.2, 0) is 16.0 Å². The molecule has 0 atom stereocenters. The predicted octanol–water partition coefficient (Wildman–Crippen LogP) is 3.98. The zero-order valence-corrected chi connectivity index (χ0v) is 13.5. The van der Waals surface area contributed by atoms with Crippen molar-refractivity contribution in [2.75, 3.05) is 12.4 Å². The molecule has 1 amide bonds. The number of ether oxygens (including phenoxy) is 1. The molecule has 7 heteroatoms. The maximum atomic E-state index is 13.1. The summed E-state index contributed by atoms with van der Waals surface area (Å²) in [5.74, 6) is -2.82. The first kappa shape index (κ1) is 17.9. The van der Waals surface area contributed by atoms with Gasteiger partial charge in [0.25, 0.3) is 0 Å². The summed E-state index contributed by atoms with van der Waals surface area (Å²) in [6, 6.07) is 7.83. The molecule has 0 spiro atoms. The van der Waals surface area contributed by atoms with E-state index in [1.54, 1.807) is 0 Å². The number of aryl methyl sites for hydroxylation is 1. The van der Waals surface area contributed by atoms with Gasteiger partial charge in [-0.05, 0) is 42.3 Å². The number of methoxy groups -OCH3 is 1. The maximum Gasteiger partial charge on any atom is 0.337 e. The molecule has 0 aliphatic carbocycles. The number of nitrogens with one attached hydrogen (secondary N) is 1. The Balaban J connectivity index is 2.01. The summed E-state index contributed by atoms with van der Waals surface area (Å²) >= 11 is 5.99. The molecule has 0 radical (unpaired) electrons. The summed E-state index contributed by atoms with van der Waals surface area (Å²) < 4.78 is 30.6. The number of rotatable bonds is 5. The van der Waals surface area contributed by atoms with E-state index in [0.717, 1.165) is 12.1 Å². The average Bonchev–Trinajstić information content (AvgIpc) is 2.57. The van der Waals surface area contributed by atoms with E-state index in [1.807, 2.05) is 0 Å². The fourth-order valence-electron chi connectivity index (χ4n) is 2.03. The first-order chi connectivity index (χ1) is 11.4. The number of hydrogen-bond acceptors (Lipinski definition) is 3. The first-order valence-corrected chi connectivity index (χ1v) is 7.40. The van der Waals surface area contributed by atoms with E-state index in [0.29, 0.717) is 5.56 Å². The minimum absolute atomic E-state index is 0.0455. The molecule has 4 nitrogen and oxygen atoms in total. The Hall–Kier alpha value is -2.47. The van der Waals surface area contributed by atoms with Gasteiger partial charge in [0.15, 0.2) is 11.6 Å². The standard InChI is InChI=1S/C17H14ClF2NO3/c1-24-17(23)11-4-5-12(18)15(9-11)21-16(22)7-3-10-2-6-13(19)14(20)8-10/h2,4-6,8-9H,3,7H2,1H3,(H,21,22). The lowest BCUT2D eigenvalue weighted by molar-refractivity contribution is -0.116. The lowest BCUT2D eigenvalue weighted by Gasteiger charge is -2.09. The van der Waals surface area contributed by atoms with Crippen LogP contribution in [0.2, 0.25) is 5.02 Å². The van der Waals surface area contributed by atoms with Crippen molar-refractivity contribution in [3.63, 3.8) is 0 Å². The Morgan fingerprint density at radius 1 is 1.12 bits per heavy atom. The zero-order chi connectivity index (χ0) is 17.7. The molecule has 0 bridgehead atoms. The van der Waals surface area contributed by atoms with Gasteiger partial charge in [0.2, 0.25) is 5.91 Å². The molecule has 126 valence electrons. The van der Waals surface area contributed by atoms with Gasteiger partial charge in [-0.3, -0.25) is 4.79 Å². The molecular formula is C17H14ClF2NO3. The van der Waals surface area contributed by atoms with E-state index >= 15 is 0 Å². The Kier molecular flexibility index (Phi) is 5.87. The van der Waals surface area contributed by atoms with E-state index < -0.39 is 17.6 Å². The van der Waals surface area contributed by atoms with Crippen LogP contribution in [0, 0.1) is 11.6 Å². The molecule has 0 aliphatic rings. The Morgan fingerprint density at radius 3 is 2.54 bits per heavy atom. The van der Waals surface area contributed by atoms with Crippen molar-refractivity contribution in [2.24, 2.45) is 0 Å². The summed E-state index contributed by atoms with van der Waals surface area (Å²) in [4.78, 5) is 23.5. The van der Waals surface area contributed by atoms with Crippen molar-refractivity contribution in [1.82, 2.24) is 0 Å². The van der Waals surface area contributed by atoms with Gasteiger partial charge in [0.05, 0.1) is 23.4 Å². The molecule has 0 aliphatic heterocycles. The molecule has 24 heavy (non-hydrogen) atoms. The van der Waals surface area contributed by atoms with Crippen molar-refractivity contribution in [3.8, 4) is 0 Å². The van der Waals surface area contributed by atoms with Gasteiger partial charge in [-0.2, -0.15) is 0 Å². The Labute approximate surface area is 142 Å². The summed E-state index contributed by atoms with van der Waals surface area (Å²) in [7, 11) is 1.25. The minimum Gasteiger partial charge on any atom is -0.465 e. The third kappa shape index (κ3) is 4.52. The van der Waals surface area contributed by atoms with Crippen LogP contribution in [0.4, 0.5) is 14.5 Å². The van der Waals surface area contributed by atoms with Gasteiger partial charge < -0.3 is 10.1 Å². The molecule has 0 saturated heterocycles. The van der Waals surface area contributed by atoms with Crippen molar-refractivity contribution in [3.05, 3.63) is 64.2 Å². The van der Waals surface area contributed by atoms with Crippen LogP contribution in [-0.4, -0.2) is 19.0 Å². The molecular weight excluding hydrogens is 340 g/mol. The lowest BCUT2D eigenvalue weighted by atomic mass is 10.1. The van der Waals surface area contributed by atoms with Crippen molar-refractivity contribution < 1.29 is 23.1 Å². The summed E-state index contributed by atoms with van der Waals surface area (Å²) in [5, 5.41) is 2.85. The highest BCUT2D eigenvalue weighted by atomic mass is 35.5. The second-order valence-electron chi connectivity index (χ2n) is 4.98. The third-order valence-corrected chi connectivity index (χ3v) is 3.62. The van der Waals surface area contributed by atoms with E-state index in [9.17, 15) is 18.4 Å². The number of halogens is 3. The maximum absolute atomic E-state index is 13.1. The number of anilines is 1. The van der Waals surface area contributed by atoms with E-state index in [1.165, 1.54) is 31.4 Å². The topological polar surface area (TPSA) is 55.4 Å². The van der Waals surface area contributed by atoms with E-state index in [-0.39, 0.29) is 35.0 Å². The van der Waals surface area contributed by atoms with E-state index in [4.69, 9.17) is 11.6 Å². The predicted molar refractivity (Wildman–Crippen MR) is 86.1 cm³/mol. The van der Waals surface area contributed by atoms with Gasteiger partial charge in [-0.15, -0.1) is 0 Å². The largest absolute Gasteiger partial charge is 0.465 e. The fraction of sp³-hybridized carbons (Fsp3) is 0.176. The van der Waals surface area contributed by atoms with Gasteiger partial charge in [0, 0.05) is 6.42 Å². The number of hydrogen-bond donors (Lipinski definition) is 1. The van der Waals surface area contributed by atoms with Crippen molar-refractivity contribution in [1.29, 1.82) is 0 Å². The molecule has 0 unspecified atom stereocenters. The fourth-order valence-corrected chi connectivity index (χ4v) is 2.20. The highest BCUT2D eigenvalue weighted by molar-refractivity contribution is 6.33. The molecule has 2 rings (SSSR count). The molecule has 0 heterocycles. The lowest BCUT2D eigenvalue weighted by Crippen LogP contribution is -2.13. The SMILES string of the molecule is COC(=O)c1ccc(Cl)c(NC(=O)CCc2ccc(F)c(F)c2)c1. The molecule has 2 aromatic rings. The van der Waals surface area contributed by atoms with Crippen LogP contribution in [0.25, 0.3) is 0 Å². The quantitative estimate of drug-likeness (QED) is 0.827. The van der Waals surface area contributed by atoms with Crippen molar-refractivity contribution >= 4 is 29.2 Å². The second-order valence-corrected chi connectivity index (χ2v) is 5.39. The van der Waals surface area contributed by atoms with Crippen LogP contribution in [0.1, 0.15) is 22.3 Å². The monoisotopic (exact) mass is 353 g/mol. The Bertz CT molecular complexity index is 780. The van der Waals surface area contributed by atoms with Gasteiger partial charge in [-0.1, -0.05) is 17.7 Å². The highest BCUT2D eigenvalue weighted by Crippen LogP contribution is 2.24. The van der Waals surface area contributed by atoms with Crippen LogP contribution >= 0.6 is 11.6 Å². The summed E-state index contributed by atoms with van der Waals surface area (Å²) in [6.45, 7) is 0.